The molecular formula is C9H17P. The van der Waals surface area contributed by atoms with E-state index < -0.39 is 0 Å². The topological polar surface area (TPSA) is 0 Å². The van der Waals surface area contributed by atoms with E-state index in [1.54, 1.807) is 25.7 Å². The lowest BCUT2D eigenvalue weighted by Crippen LogP contribution is -2.13. The van der Waals surface area contributed by atoms with Gasteiger partial charge in [0.25, 0.3) is 0 Å². The lowest BCUT2D eigenvalue weighted by molar-refractivity contribution is 0.488. The van der Waals surface area contributed by atoms with E-state index in [0.29, 0.717) is 7.92 Å². The van der Waals surface area contributed by atoms with Crippen LogP contribution in [0.5, 0.6) is 0 Å². The van der Waals surface area contributed by atoms with Crippen molar-refractivity contribution in [3.05, 3.63) is 0 Å². The van der Waals surface area contributed by atoms with Gasteiger partial charge in [0.15, 0.2) is 0 Å². The molecule has 1 heteroatoms. The lowest BCUT2D eigenvalue weighted by Gasteiger charge is -2.25. The molecule has 0 aliphatic heterocycles. The fraction of sp³-hybridized carbons (Fsp3) is 1.00. The van der Waals surface area contributed by atoms with Gasteiger partial charge in [-0.05, 0) is 50.1 Å². The van der Waals surface area contributed by atoms with Gasteiger partial charge in [0.05, 0.1) is 0 Å². The maximum absolute atomic E-state index is 2.46. The first-order chi connectivity index (χ1) is 4.77. The molecule has 2 bridgehead atoms. The van der Waals surface area contributed by atoms with Crippen molar-refractivity contribution in [1.82, 2.24) is 0 Å². The lowest BCUT2D eigenvalue weighted by atomic mass is 10.0. The number of rotatable bonds is 1. The minimum atomic E-state index is 0.384. The van der Waals surface area contributed by atoms with Crippen molar-refractivity contribution in [3.63, 3.8) is 0 Å². The molecule has 0 saturated heterocycles. The van der Waals surface area contributed by atoms with E-state index in [1.165, 1.54) is 0 Å². The van der Waals surface area contributed by atoms with Gasteiger partial charge in [0.2, 0.25) is 0 Å². The third kappa shape index (κ3) is 1.01. The maximum Gasteiger partial charge on any atom is -0.0183 e. The molecule has 0 N–H and O–H groups in total. The third-order valence-corrected chi connectivity index (χ3v) is 5.32. The van der Waals surface area contributed by atoms with E-state index in [0.717, 1.165) is 17.5 Å². The summed E-state index contributed by atoms with van der Waals surface area (Å²) in [7, 11) is 0.384. The summed E-state index contributed by atoms with van der Waals surface area (Å²) >= 11 is 0. The summed E-state index contributed by atoms with van der Waals surface area (Å²) in [6, 6.07) is 0. The molecule has 0 radical (unpaired) electrons. The Bertz CT molecular complexity index is 131. The maximum atomic E-state index is 2.46. The zero-order valence-corrected chi connectivity index (χ0v) is 7.90. The van der Waals surface area contributed by atoms with Crippen molar-refractivity contribution < 1.29 is 0 Å². The predicted octanol–water partition coefficient (Wildman–Crippen LogP) is 2.92. The van der Waals surface area contributed by atoms with Gasteiger partial charge in [-0.2, -0.15) is 0 Å². The van der Waals surface area contributed by atoms with Crippen molar-refractivity contribution in [2.24, 2.45) is 11.8 Å². The van der Waals surface area contributed by atoms with Crippen LogP contribution in [-0.2, 0) is 0 Å². The zero-order chi connectivity index (χ0) is 7.14. The summed E-state index contributed by atoms with van der Waals surface area (Å²) < 4.78 is 0. The van der Waals surface area contributed by atoms with Crippen LogP contribution in [0.3, 0.4) is 0 Å². The fourth-order valence-electron chi connectivity index (χ4n) is 2.84. The van der Waals surface area contributed by atoms with Gasteiger partial charge in [-0.25, -0.2) is 0 Å². The largest absolute Gasteiger partial charge is 0.110 e. The first-order valence-corrected chi connectivity index (χ1v) is 6.74. The minimum absolute atomic E-state index is 0.384. The second-order valence-corrected chi connectivity index (χ2v) is 6.80. The van der Waals surface area contributed by atoms with E-state index in [2.05, 4.69) is 13.3 Å². The molecule has 2 saturated carbocycles. The van der Waals surface area contributed by atoms with Gasteiger partial charge < -0.3 is 0 Å². The fourth-order valence-corrected chi connectivity index (χ4v) is 4.68. The number of hydrogen-bond acceptors (Lipinski definition) is 0. The van der Waals surface area contributed by atoms with Crippen molar-refractivity contribution in [3.8, 4) is 0 Å². The Labute approximate surface area is 65.1 Å². The van der Waals surface area contributed by atoms with Gasteiger partial charge >= 0.3 is 0 Å². The average Bonchev–Trinajstić information content (AvgIpc) is 2.44. The molecule has 0 aromatic heterocycles. The molecule has 2 fully saturated rings. The van der Waals surface area contributed by atoms with Crippen LogP contribution in [0.15, 0.2) is 0 Å². The van der Waals surface area contributed by atoms with Crippen molar-refractivity contribution >= 4 is 7.92 Å². The Morgan fingerprint density at radius 1 is 1.10 bits per heavy atom. The van der Waals surface area contributed by atoms with Crippen LogP contribution < -0.4 is 0 Å². The van der Waals surface area contributed by atoms with E-state index in [-0.39, 0.29) is 0 Å². The molecule has 2 aliphatic carbocycles. The van der Waals surface area contributed by atoms with Crippen molar-refractivity contribution in [2.75, 3.05) is 13.3 Å². The standard InChI is InChI=1S/C9H17P/c1-10(2)9-6-7-3-4-8(9)5-7/h7-9H,3-6H2,1-2H3/t7-,8+,9+/m0/s1. The molecule has 0 heterocycles. The third-order valence-electron chi connectivity index (χ3n) is 3.36. The smallest absolute Gasteiger partial charge is 0.0183 e. The van der Waals surface area contributed by atoms with Gasteiger partial charge in [-0.15, -0.1) is 7.92 Å². The van der Waals surface area contributed by atoms with Gasteiger partial charge in [0, 0.05) is 0 Å². The second-order valence-electron chi connectivity index (χ2n) is 4.21. The van der Waals surface area contributed by atoms with Gasteiger partial charge in [-0.3, -0.25) is 0 Å². The van der Waals surface area contributed by atoms with Crippen LogP contribution in [-0.4, -0.2) is 19.0 Å². The molecule has 2 aliphatic rings. The molecule has 0 aromatic rings. The highest BCUT2D eigenvalue weighted by atomic mass is 31.1. The Balaban J connectivity index is 2.02. The Morgan fingerprint density at radius 3 is 2.20 bits per heavy atom. The van der Waals surface area contributed by atoms with Crippen LogP contribution in [0.4, 0.5) is 0 Å². The number of fused-ring (bicyclic) bond motifs is 2. The highest BCUT2D eigenvalue weighted by Crippen LogP contribution is 2.55. The monoisotopic (exact) mass is 156 g/mol. The summed E-state index contributed by atoms with van der Waals surface area (Å²) in [6.45, 7) is 4.92. The van der Waals surface area contributed by atoms with Crippen molar-refractivity contribution in [1.29, 1.82) is 0 Å². The molecule has 0 unspecified atom stereocenters. The molecule has 0 aromatic carbocycles. The summed E-state index contributed by atoms with van der Waals surface area (Å²) in [5.74, 6) is 2.31. The average molecular weight is 156 g/mol. The Morgan fingerprint density at radius 2 is 1.90 bits per heavy atom. The molecule has 2 rings (SSSR count). The molecule has 58 valence electrons. The minimum Gasteiger partial charge on any atom is -0.110 e. The highest BCUT2D eigenvalue weighted by molar-refractivity contribution is 7.56. The van der Waals surface area contributed by atoms with Crippen LogP contribution in [0.25, 0.3) is 0 Å². The molecular weight excluding hydrogens is 139 g/mol. The molecule has 10 heavy (non-hydrogen) atoms. The summed E-state index contributed by atoms with van der Waals surface area (Å²) in [4.78, 5) is 0. The summed E-state index contributed by atoms with van der Waals surface area (Å²) in [6.07, 6.45) is 6.30. The molecule has 0 nitrogen and oxygen atoms in total. The Hall–Kier alpha value is 0.430. The van der Waals surface area contributed by atoms with Crippen LogP contribution >= 0.6 is 7.92 Å². The molecule has 3 atom stereocenters. The first-order valence-electron chi connectivity index (χ1n) is 4.44. The summed E-state index contributed by atoms with van der Waals surface area (Å²) in [5.41, 5.74) is 1.16. The van der Waals surface area contributed by atoms with E-state index in [9.17, 15) is 0 Å². The first kappa shape index (κ1) is 7.10. The van der Waals surface area contributed by atoms with Gasteiger partial charge in [0.1, 0.15) is 0 Å². The van der Waals surface area contributed by atoms with Crippen LogP contribution in [0.2, 0.25) is 0 Å². The highest BCUT2D eigenvalue weighted by Gasteiger charge is 2.40. The molecule has 0 amide bonds. The number of hydrogen-bond donors (Lipinski definition) is 0. The Kier molecular flexibility index (Phi) is 1.76. The molecule has 0 spiro atoms. The normalized spacial score (nSPS) is 45.3. The zero-order valence-electron chi connectivity index (χ0n) is 7.01. The van der Waals surface area contributed by atoms with Gasteiger partial charge in [-0.1, -0.05) is 6.42 Å². The SMILES string of the molecule is CP(C)[C@@H]1C[C@H]2CC[C@@H]1C2. The predicted molar refractivity (Wildman–Crippen MR) is 48.0 cm³/mol. The van der Waals surface area contributed by atoms with Crippen LogP contribution in [0.1, 0.15) is 25.7 Å². The van der Waals surface area contributed by atoms with Crippen LogP contribution in [0, 0.1) is 11.8 Å². The summed E-state index contributed by atoms with van der Waals surface area (Å²) in [5, 5.41) is 0. The van der Waals surface area contributed by atoms with E-state index >= 15 is 0 Å². The van der Waals surface area contributed by atoms with E-state index in [4.69, 9.17) is 0 Å². The van der Waals surface area contributed by atoms with Crippen molar-refractivity contribution in [2.45, 2.75) is 31.3 Å². The van der Waals surface area contributed by atoms with E-state index in [1.807, 2.05) is 0 Å². The second kappa shape index (κ2) is 2.48. The quantitative estimate of drug-likeness (QED) is 0.512.